The highest BCUT2D eigenvalue weighted by Gasteiger charge is 2.01. The Morgan fingerprint density at radius 2 is 2.00 bits per heavy atom. The molecule has 0 amide bonds. The Morgan fingerprint density at radius 3 is 2.39 bits per heavy atom. The number of benzene rings is 1. The Hall–Kier alpha value is -1.87. The molecule has 0 radical (unpaired) electrons. The lowest BCUT2D eigenvalue weighted by atomic mass is 10.2. The van der Waals surface area contributed by atoms with Gasteiger partial charge in [-0.15, -0.1) is 0 Å². The maximum atomic E-state index is 10.8. The van der Waals surface area contributed by atoms with Crippen molar-refractivity contribution >= 4 is 12.0 Å². The fourth-order valence-electron chi connectivity index (χ4n) is 0.972. The minimum Gasteiger partial charge on any atom is -0.461 e. The molecular formula is C15H21NO2. The van der Waals surface area contributed by atoms with Gasteiger partial charge >= 0.3 is 5.97 Å². The summed E-state index contributed by atoms with van der Waals surface area (Å²) in [6.07, 6.45) is 3.54. The highest BCUT2D eigenvalue weighted by atomic mass is 16.5. The van der Waals surface area contributed by atoms with Crippen molar-refractivity contribution in [3.8, 4) is 0 Å². The van der Waals surface area contributed by atoms with Gasteiger partial charge in [-0.1, -0.05) is 49.1 Å². The number of allylic oxidation sites excluding steroid dienone is 1. The maximum Gasteiger partial charge on any atom is 0.333 e. The average molecular weight is 247 g/mol. The molecule has 0 aliphatic carbocycles. The summed E-state index contributed by atoms with van der Waals surface area (Å²) in [7, 11) is 0. The van der Waals surface area contributed by atoms with Gasteiger partial charge in [0, 0.05) is 12.1 Å². The first kappa shape index (κ1) is 16.1. The van der Waals surface area contributed by atoms with Crippen LogP contribution in [0.4, 0.5) is 0 Å². The zero-order valence-corrected chi connectivity index (χ0v) is 11.1. The van der Waals surface area contributed by atoms with E-state index < -0.39 is 0 Å². The van der Waals surface area contributed by atoms with Crippen LogP contribution < -0.4 is 5.73 Å². The molecule has 0 saturated heterocycles. The third-order valence-corrected chi connectivity index (χ3v) is 2.14. The van der Waals surface area contributed by atoms with Gasteiger partial charge in [0.2, 0.25) is 0 Å². The van der Waals surface area contributed by atoms with Crippen molar-refractivity contribution in [1.82, 2.24) is 0 Å². The second kappa shape index (κ2) is 10.3. The molecule has 18 heavy (non-hydrogen) atoms. The van der Waals surface area contributed by atoms with Gasteiger partial charge in [0.15, 0.2) is 0 Å². The van der Waals surface area contributed by atoms with Crippen LogP contribution in [0, 0.1) is 0 Å². The number of esters is 1. The third-order valence-electron chi connectivity index (χ3n) is 2.14. The van der Waals surface area contributed by atoms with Crippen LogP contribution in [0.3, 0.4) is 0 Å². The van der Waals surface area contributed by atoms with Crippen molar-refractivity contribution in [1.29, 1.82) is 0 Å². The number of carbonyl (C=O) groups is 1. The van der Waals surface area contributed by atoms with Crippen LogP contribution in [-0.2, 0) is 9.53 Å². The number of nitrogens with two attached hydrogens (primary N) is 1. The predicted molar refractivity (Wildman–Crippen MR) is 76.0 cm³/mol. The number of hydrogen-bond acceptors (Lipinski definition) is 3. The molecule has 3 nitrogen and oxygen atoms in total. The van der Waals surface area contributed by atoms with E-state index in [1.54, 1.807) is 19.9 Å². The Kier molecular flexibility index (Phi) is 9.23. The van der Waals surface area contributed by atoms with E-state index in [0.717, 1.165) is 0 Å². The van der Waals surface area contributed by atoms with E-state index in [-0.39, 0.29) is 5.97 Å². The molecule has 1 aromatic carbocycles. The van der Waals surface area contributed by atoms with Crippen molar-refractivity contribution < 1.29 is 9.53 Å². The molecule has 0 bridgehead atoms. The van der Waals surface area contributed by atoms with E-state index in [4.69, 9.17) is 10.5 Å². The minimum absolute atomic E-state index is 0.284. The first-order valence-corrected chi connectivity index (χ1v) is 5.83. The number of carbonyl (C=O) groups excluding carboxylic acids is 1. The third kappa shape index (κ3) is 7.41. The van der Waals surface area contributed by atoms with E-state index in [9.17, 15) is 4.79 Å². The summed E-state index contributed by atoms with van der Waals surface area (Å²) >= 11 is 0. The van der Waals surface area contributed by atoms with Crippen LogP contribution in [-0.4, -0.2) is 19.1 Å². The number of rotatable bonds is 4. The monoisotopic (exact) mass is 247 g/mol. The van der Waals surface area contributed by atoms with Crippen molar-refractivity contribution in [2.45, 2.75) is 13.8 Å². The quantitative estimate of drug-likeness (QED) is 0.657. The summed E-state index contributed by atoms with van der Waals surface area (Å²) in [5, 5.41) is 0. The van der Waals surface area contributed by atoms with Gasteiger partial charge in [-0.3, -0.25) is 0 Å². The summed E-state index contributed by atoms with van der Waals surface area (Å²) in [6.45, 7) is 7.80. The summed E-state index contributed by atoms with van der Waals surface area (Å²) in [5.74, 6) is -0.284. The normalized spacial score (nSPS) is 10.1. The number of hydrogen-bond donors (Lipinski definition) is 1. The molecule has 3 heteroatoms. The molecule has 0 atom stereocenters. The molecule has 1 rings (SSSR count). The highest BCUT2D eigenvalue weighted by molar-refractivity contribution is 5.87. The molecule has 0 aliphatic heterocycles. The Morgan fingerprint density at radius 1 is 1.39 bits per heavy atom. The zero-order chi connectivity index (χ0) is 13.8. The molecule has 0 unspecified atom stereocenters. The number of ether oxygens (including phenoxy) is 1. The van der Waals surface area contributed by atoms with Gasteiger partial charge in [0.1, 0.15) is 6.61 Å². The summed E-state index contributed by atoms with van der Waals surface area (Å²) in [5.41, 5.74) is 6.91. The SMILES string of the molecule is C=Cc1ccccc1.CC=C(C)C(=O)OCCN. The topological polar surface area (TPSA) is 52.3 Å². The first-order valence-electron chi connectivity index (χ1n) is 5.83. The van der Waals surface area contributed by atoms with Gasteiger partial charge < -0.3 is 10.5 Å². The van der Waals surface area contributed by atoms with E-state index in [1.807, 2.05) is 36.4 Å². The molecule has 0 heterocycles. The van der Waals surface area contributed by atoms with Gasteiger partial charge in [-0.25, -0.2) is 4.79 Å². The molecule has 0 fully saturated rings. The second-order valence-corrected chi connectivity index (χ2v) is 3.51. The maximum absolute atomic E-state index is 10.8. The van der Waals surface area contributed by atoms with Crippen molar-refractivity contribution in [3.05, 3.63) is 54.1 Å². The molecule has 0 spiro atoms. The van der Waals surface area contributed by atoms with E-state index in [0.29, 0.717) is 18.7 Å². The van der Waals surface area contributed by atoms with E-state index >= 15 is 0 Å². The van der Waals surface area contributed by atoms with Crippen LogP contribution in [0.1, 0.15) is 19.4 Å². The zero-order valence-electron chi connectivity index (χ0n) is 11.1. The largest absolute Gasteiger partial charge is 0.461 e. The summed E-state index contributed by atoms with van der Waals surface area (Å²) in [4.78, 5) is 10.8. The molecule has 2 N–H and O–H groups in total. The van der Waals surface area contributed by atoms with Crippen molar-refractivity contribution in [2.75, 3.05) is 13.2 Å². The van der Waals surface area contributed by atoms with Crippen LogP contribution in [0.2, 0.25) is 0 Å². The van der Waals surface area contributed by atoms with Crippen molar-refractivity contribution in [2.24, 2.45) is 5.73 Å². The predicted octanol–water partition coefficient (Wildman–Crippen LogP) is 2.78. The first-order chi connectivity index (χ1) is 8.65. The smallest absolute Gasteiger partial charge is 0.333 e. The molecule has 0 saturated carbocycles. The molecule has 0 aromatic heterocycles. The Bertz CT molecular complexity index is 383. The van der Waals surface area contributed by atoms with Crippen molar-refractivity contribution in [3.63, 3.8) is 0 Å². The van der Waals surface area contributed by atoms with Gasteiger partial charge in [-0.2, -0.15) is 0 Å². The Labute approximate surface area is 109 Å². The lowest BCUT2D eigenvalue weighted by molar-refractivity contribution is -0.138. The standard InChI is InChI=1S/C8H8.C7H13NO2/c1-2-8-6-4-3-5-7-8;1-3-6(2)7(9)10-5-4-8/h2-7H,1H2;3H,4-5,8H2,1-2H3. The molecular weight excluding hydrogens is 226 g/mol. The van der Waals surface area contributed by atoms with Gasteiger partial charge in [-0.05, 0) is 19.4 Å². The van der Waals surface area contributed by atoms with E-state index in [2.05, 4.69) is 6.58 Å². The summed E-state index contributed by atoms with van der Waals surface area (Å²) in [6, 6.07) is 10.0. The van der Waals surface area contributed by atoms with Crippen LogP contribution >= 0.6 is 0 Å². The lowest BCUT2D eigenvalue weighted by Gasteiger charge is -2.00. The molecule has 98 valence electrons. The van der Waals surface area contributed by atoms with Crippen LogP contribution in [0.25, 0.3) is 6.08 Å². The average Bonchev–Trinajstić information content (AvgIpc) is 2.45. The van der Waals surface area contributed by atoms with Gasteiger partial charge in [0.25, 0.3) is 0 Å². The molecule has 0 aliphatic rings. The fourth-order valence-corrected chi connectivity index (χ4v) is 0.972. The Balaban J connectivity index is 0.000000327. The van der Waals surface area contributed by atoms with Crippen LogP contribution in [0.5, 0.6) is 0 Å². The lowest BCUT2D eigenvalue weighted by Crippen LogP contribution is -2.13. The van der Waals surface area contributed by atoms with Gasteiger partial charge in [0.05, 0.1) is 0 Å². The van der Waals surface area contributed by atoms with E-state index in [1.165, 1.54) is 5.56 Å². The second-order valence-electron chi connectivity index (χ2n) is 3.51. The highest BCUT2D eigenvalue weighted by Crippen LogP contribution is 1.97. The molecule has 1 aromatic rings. The minimum atomic E-state index is -0.284. The summed E-state index contributed by atoms with van der Waals surface area (Å²) < 4.78 is 4.71. The van der Waals surface area contributed by atoms with Crippen LogP contribution in [0.15, 0.2) is 48.6 Å². The fraction of sp³-hybridized carbons (Fsp3) is 0.267.